The van der Waals surface area contributed by atoms with E-state index in [9.17, 15) is 10.1 Å². The van der Waals surface area contributed by atoms with Crippen molar-refractivity contribution < 1.29 is 9.21 Å². The summed E-state index contributed by atoms with van der Waals surface area (Å²) < 4.78 is 5.31. The predicted octanol–water partition coefficient (Wildman–Crippen LogP) is 3.63. The molecule has 2 heterocycles. The van der Waals surface area contributed by atoms with Gasteiger partial charge in [-0.1, -0.05) is 6.92 Å². The van der Waals surface area contributed by atoms with E-state index in [1.165, 1.54) is 4.88 Å². The highest BCUT2D eigenvalue weighted by molar-refractivity contribution is 7.16. The molecule has 6 heteroatoms. The summed E-state index contributed by atoms with van der Waals surface area (Å²) in [5.41, 5.74) is 1.78. The van der Waals surface area contributed by atoms with Crippen molar-refractivity contribution >= 4 is 22.2 Å². The van der Waals surface area contributed by atoms with Gasteiger partial charge < -0.3 is 9.73 Å². The zero-order valence-electron chi connectivity index (χ0n) is 13.9. The first kappa shape index (κ1) is 16.7. The van der Waals surface area contributed by atoms with Crippen molar-refractivity contribution in [1.82, 2.24) is 5.32 Å². The van der Waals surface area contributed by atoms with Crippen LogP contribution in [0.4, 0.5) is 5.00 Å². The molecule has 0 aromatic carbocycles. The molecule has 0 unspecified atom stereocenters. The first-order chi connectivity index (χ1) is 11.6. The number of amides is 1. The van der Waals surface area contributed by atoms with Gasteiger partial charge in [-0.05, 0) is 49.8 Å². The maximum absolute atomic E-state index is 12.2. The molecule has 126 valence electrons. The molecular weight excluding hydrogens is 322 g/mol. The Morgan fingerprint density at radius 1 is 1.58 bits per heavy atom. The molecule has 0 saturated carbocycles. The van der Waals surface area contributed by atoms with Crippen molar-refractivity contribution in [1.29, 1.82) is 5.26 Å². The first-order valence-corrected chi connectivity index (χ1v) is 9.01. The number of carbonyl (C=O) groups excluding carboxylic acids is 1. The van der Waals surface area contributed by atoms with Gasteiger partial charge in [-0.3, -0.25) is 10.1 Å². The third kappa shape index (κ3) is 3.53. The zero-order chi connectivity index (χ0) is 17.1. The molecule has 5 nitrogen and oxygen atoms in total. The molecule has 2 aromatic rings. The van der Waals surface area contributed by atoms with E-state index >= 15 is 0 Å². The maximum Gasteiger partial charge on any atom is 0.238 e. The normalized spacial score (nSPS) is 17.8. The van der Waals surface area contributed by atoms with Crippen molar-refractivity contribution in [2.24, 2.45) is 5.92 Å². The van der Waals surface area contributed by atoms with Crippen LogP contribution >= 0.6 is 11.3 Å². The van der Waals surface area contributed by atoms with Crippen LogP contribution in [0.1, 0.15) is 48.1 Å². The number of nitriles is 1. The van der Waals surface area contributed by atoms with Gasteiger partial charge in [0.1, 0.15) is 16.8 Å². The average Bonchev–Trinajstić information content (AvgIpc) is 3.19. The van der Waals surface area contributed by atoms with Crippen LogP contribution < -0.4 is 10.6 Å². The number of thiophene rings is 1. The summed E-state index contributed by atoms with van der Waals surface area (Å²) >= 11 is 1.55. The summed E-state index contributed by atoms with van der Waals surface area (Å²) in [6, 6.07) is 5.92. The van der Waals surface area contributed by atoms with Crippen LogP contribution in [0.25, 0.3) is 0 Å². The van der Waals surface area contributed by atoms with Crippen molar-refractivity contribution in [2.45, 2.75) is 39.2 Å². The second kappa shape index (κ2) is 7.20. The molecule has 2 aromatic heterocycles. The van der Waals surface area contributed by atoms with Gasteiger partial charge in [0.2, 0.25) is 5.91 Å². The molecule has 2 atom stereocenters. The van der Waals surface area contributed by atoms with E-state index in [1.54, 1.807) is 17.6 Å². The van der Waals surface area contributed by atoms with E-state index in [0.717, 1.165) is 30.6 Å². The van der Waals surface area contributed by atoms with Gasteiger partial charge in [0.15, 0.2) is 0 Å². The van der Waals surface area contributed by atoms with E-state index in [1.807, 2.05) is 19.1 Å². The Labute approximate surface area is 145 Å². The Bertz CT molecular complexity index is 758. The van der Waals surface area contributed by atoms with Gasteiger partial charge in [0.05, 0.1) is 24.4 Å². The second-order valence-corrected chi connectivity index (χ2v) is 7.44. The lowest BCUT2D eigenvalue weighted by atomic mass is 9.89. The summed E-state index contributed by atoms with van der Waals surface area (Å²) in [6.45, 7) is 4.34. The fourth-order valence-corrected chi connectivity index (χ4v) is 4.39. The van der Waals surface area contributed by atoms with Gasteiger partial charge in [-0.15, -0.1) is 11.3 Å². The lowest BCUT2D eigenvalue weighted by Crippen LogP contribution is -2.29. The summed E-state index contributed by atoms with van der Waals surface area (Å²) in [4.78, 5) is 13.5. The van der Waals surface area contributed by atoms with E-state index < -0.39 is 0 Å². The maximum atomic E-state index is 12.2. The van der Waals surface area contributed by atoms with Crippen LogP contribution in [0, 0.1) is 17.2 Å². The van der Waals surface area contributed by atoms with Crippen molar-refractivity contribution in [2.75, 3.05) is 11.9 Å². The number of rotatable bonds is 5. The second-order valence-electron chi connectivity index (χ2n) is 6.33. The molecule has 0 saturated heterocycles. The Balaban J connectivity index is 1.63. The van der Waals surface area contributed by atoms with Crippen LogP contribution in [0.3, 0.4) is 0 Å². The third-order valence-electron chi connectivity index (χ3n) is 4.42. The number of hydrogen-bond donors (Lipinski definition) is 2. The summed E-state index contributed by atoms with van der Waals surface area (Å²) in [7, 11) is 0. The van der Waals surface area contributed by atoms with Crippen LogP contribution in [-0.4, -0.2) is 12.5 Å². The minimum atomic E-state index is -0.142. The quantitative estimate of drug-likeness (QED) is 0.869. The molecule has 0 spiro atoms. The zero-order valence-corrected chi connectivity index (χ0v) is 14.7. The molecule has 0 aliphatic heterocycles. The molecule has 1 amide bonds. The Kier molecular flexibility index (Phi) is 5.03. The Morgan fingerprint density at radius 2 is 2.42 bits per heavy atom. The minimum Gasteiger partial charge on any atom is -0.468 e. The molecular formula is C18H21N3O2S. The number of anilines is 1. The first-order valence-electron chi connectivity index (χ1n) is 8.19. The van der Waals surface area contributed by atoms with Gasteiger partial charge in [0.25, 0.3) is 0 Å². The molecule has 3 rings (SSSR count). The van der Waals surface area contributed by atoms with Gasteiger partial charge in [0, 0.05) is 4.88 Å². The Morgan fingerprint density at radius 3 is 3.12 bits per heavy atom. The smallest absolute Gasteiger partial charge is 0.238 e. The lowest BCUT2D eigenvalue weighted by molar-refractivity contribution is -0.115. The highest BCUT2D eigenvalue weighted by Crippen LogP contribution is 2.39. The number of carbonyl (C=O) groups is 1. The molecule has 0 fully saturated rings. The van der Waals surface area contributed by atoms with Crippen LogP contribution in [0.5, 0.6) is 0 Å². The van der Waals surface area contributed by atoms with Crippen LogP contribution in [0.15, 0.2) is 22.8 Å². The number of furan rings is 1. The van der Waals surface area contributed by atoms with E-state index in [2.05, 4.69) is 23.6 Å². The van der Waals surface area contributed by atoms with E-state index in [-0.39, 0.29) is 18.5 Å². The van der Waals surface area contributed by atoms with Crippen molar-refractivity contribution in [3.63, 3.8) is 0 Å². The highest BCUT2D eigenvalue weighted by Gasteiger charge is 2.24. The molecule has 0 radical (unpaired) electrons. The van der Waals surface area contributed by atoms with Crippen LogP contribution in [-0.2, 0) is 17.6 Å². The fourth-order valence-electron chi connectivity index (χ4n) is 3.01. The molecule has 2 N–H and O–H groups in total. The summed E-state index contributed by atoms with van der Waals surface area (Å²) in [6.07, 6.45) is 4.65. The van der Waals surface area contributed by atoms with Gasteiger partial charge >= 0.3 is 0 Å². The molecule has 1 aliphatic rings. The number of nitrogens with zero attached hydrogens (tertiary/aromatic N) is 1. The fraction of sp³-hybridized carbons (Fsp3) is 0.444. The van der Waals surface area contributed by atoms with Gasteiger partial charge in [-0.2, -0.15) is 5.26 Å². The number of hydrogen-bond acceptors (Lipinski definition) is 5. The van der Waals surface area contributed by atoms with E-state index in [4.69, 9.17) is 4.42 Å². The van der Waals surface area contributed by atoms with Crippen molar-refractivity contribution in [3.8, 4) is 6.07 Å². The predicted molar refractivity (Wildman–Crippen MR) is 94.0 cm³/mol. The SMILES string of the molecule is C[C@@H]1CCc2c(sc(NC(=O)CN[C@H](C)c3ccco3)c2C#N)C1. The molecule has 24 heavy (non-hydrogen) atoms. The van der Waals surface area contributed by atoms with Crippen LogP contribution in [0.2, 0.25) is 0 Å². The van der Waals surface area contributed by atoms with E-state index in [0.29, 0.717) is 16.5 Å². The topological polar surface area (TPSA) is 78.1 Å². The van der Waals surface area contributed by atoms with Gasteiger partial charge in [-0.25, -0.2) is 0 Å². The standard InChI is InChI=1S/C18H21N3O2S/c1-11-5-6-13-14(9-19)18(24-16(13)8-11)21-17(22)10-20-12(2)15-4-3-7-23-15/h3-4,7,11-12,20H,5-6,8,10H2,1-2H3,(H,21,22)/t11-,12-/m1/s1. The molecule has 1 aliphatic carbocycles. The van der Waals surface area contributed by atoms with Crippen molar-refractivity contribution in [3.05, 3.63) is 40.2 Å². The monoisotopic (exact) mass is 343 g/mol. The third-order valence-corrected chi connectivity index (χ3v) is 5.58. The number of fused-ring (bicyclic) bond motifs is 1. The molecule has 0 bridgehead atoms. The Hall–Kier alpha value is -2.10. The summed E-state index contributed by atoms with van der Waals surface area (Å²) in [5, 5.41) is 16.2. The average molecular weight is 343 g/mol. The lowest BCUT2D eigenvalue weighted by Gasteiger charge is -2.17. The minimum absolute atomic E-state index is 0.0430. The summed E-state index contributed by atoms with van der Waals surface area (Å²) in [5.74, 6) is 1.29. The highest BCUT2D eigenvalue weighted by atomic mass is 32.1. The largest absolute Gasteiger partial charge is 0.468 e. The number of nitrogens with one attached hydrogen (secondary N) is 2.